The van der Waals surface area contributed by atoms with E-state index in [4.69, 9.17) is 4.74 Å². The van der Waals surface area contributed by atoms with Crippen LogP contribution in [-0.4, -0.2) is 52.3 Å². The fraction of sp³-hybridized carbons (Fsp3) is 0.703. The van der Waals surface area contributed by atoms with E-state index in [0.29, 0.717) is 35.9 Å². The van der Waals surface area contributed by atoms with Gasteiger partial charge in [-0.2, -0.15) is 0 Å². The number of nitrogens with one attached hydrogen (secondary N) is 3. The minimum Gasteiger partial charge on any atom is -0.446 e. The molecule has 2 aliphatic rings. The van der Waals surface area contributed by atoms with Gasteiger partial charge in [0.1, 0.15) is 23.6 Å². The lowest BCUT2D eigenvalue weighted by Gasteiger charge is -2.34. The van der Waals surface area contributed by atoms with Crippen molar-refractivity contribution in [3.05, 3.63) is 34.2 Å². The van der Waals surface area contributed by atoms with Gasteiger partial charge in [-0.05, 0) is 73.3 Å². The van der Waals surface area contributed by atoms with Crippen LogP contribution < -0.4 is 20.9 Å². The van der Waals surface area contributed by atoms with Crippen molar-refractivity contribution in [3.63, 3.8) is 0 Å². The molecule has 6 atom stereocenters. The lowest BCUT2D eigenvalue weighted by atomic mass is 9.84. The molecule has 0 radical (unpaired) electrons. The van der Waals surface area contributed by atoms with E-state index in [9.17, 15) is 32.3 Å². The Morgan fingerprint density at radius 2 is 1.72 bits per heavy atom. The SMILES string of the molecule is CCC(CC)C(NC(=O)C(NC(=O)OC1CC2CC2C1CCCCCc1nc2ccc(OC(F)(F)F)cc2[nH]c1=O)C(C)(C)C)C(=O)C(C)C. The summed E-state index contributed by atoms with van der Waals surface area (Å²) in [6.07, 6.45) is 1.35. The van der Waals surface area contributed by atoms with Gasteiger partial charge in [0.2, 0.25) is 5.91 Å². The Bertz CT molecular complexity index is 1560. The monoisotopic (exact) mass is 706 g/mol. The molecule has 4 rings (SSSR count). The molecule has 0 aliphatic heterocycles. The van der Waals surface area contributed by atoms with Crippen LogP contribution in [0.1, 0.15) is 106 Å². The summed E-state index contributed by atoms with van der Waals surface area (Å²) in [7, 11) is 0. The first-order valence-electron chi connectivity index (χ1n) is 18.0. The minimum atomic E-state index is -4.83. The second-order valence-corrected chi connectivity index (χ2v) is 15.4. The Morgan fingerprint density at radius 3 is 2.34 bits per heavy atom. The summed E-state index contributed by atoms with van der Waals surface area (Å²) in [6.45, 7) is 13.3. The molecule has 2 fully saturated rings. The van der Waals surface area contributed by atoms with Crippen LogP contribution >= 0.6 is 0 Å². The summed E-state index contributed by atoms with van der Waals surface area (Å²) < 4.78 is 47.6. The van der Waals surface area contributed by atoms with Gasteiger partial charge in [-0.25, -0.2) is 9.78 Å². The summed E-state index contributed by atoms with van der Waals surface area (Å²) in [5.41, 5.74) is -0.222. The number of H-pyrrole nitrogens is 1. The van der Waals surface area contributed by atoms with Gasteiger partial charge in [0.25, 0.3) is 5.56 Å². The average molecular weight is 707 g/mol. The van der Waals surface area contributed by atoms with Gasteiger partial charge in [0.05, 0.1) is 17.1 Å². The summed E-state index contributed by atoms with van der Waals surface area (Å²) in [6, 6.07) is 2.12. The van der Waals surface area contributed by atoms with E-state index in [-0.39, 0.29) is 35.2 Å². The van der Waals surface area contributed by atoms with Crippen LogP contribution in [-0.2, 0) is 20.7 Å². The summed E-state index contributed by atoms with van der Waals surface area (Å²) >= 11 is 0. The predicted octanol–water partition coefficient (Wildman–Crippen LogP) is 7.24. The number of halogens is 3. The van der Waals surface area contributed by atoms with Gasteiger partial charge in [-0.3, -0.25) is 14.4 Å². The van der Waals surface area contributed by atoms with Crippen LogP contribution in [0.3, 0.4) is 0 Å². The highest BCUT2D eigenvalue weighted by Crippen LogP contribution is 2.57. The van der Waals surface area contributed by atoms with Crippen molar-refractivity contribution in [2.45, 2.75) is 131 Å². The van der Waals surface area contributed by atoms with E-state index in [2.05, 4.69) is 25.3 Å². The fourth-order valence-electron chi connectivity index (χ4n) is 7.41. The number of rotatable bonds is 16. The number of fused-ring (bicyclic) bond motifs is 2. The molecule has 1 aromatic heterocycles. The minimum absolute atomic E-state index is 0.00410. The highest BCUT2D eigenvalue weighted by Gasteiger charge is 2.54. The third kappa shape index (κ3) is 10.2. The van der Waals surface area contributed by atoms with E-state index in [1.54, 1.807) is 0 Å². The second kappa shape index (κ2) is 16.1. The van der Waals surface area contributed by atoms with E-state index in [1.807, 2.05) is 48.5 Å². The number of unbranched alkanes of at least 4 members (excludes halogenated alkanes) is 2. The van der Waals surface area contributed by atoms with E-state index in [0.717, 1.165) is 57.1 Å². The first-order valence-corrected chi connectivity index (χ1v) is 18.0. The molecule has 13 heteroatoms. The summed E-state index contributed by atoms with van der Waals surface area (Å²) in [5.74, 6) is 0.163. The number of carbonyl (C=O) groups is 3. The zero-order valence-corrected chi connectivity index (χ0v) is 30.2. The molecule has 3 N–H and O–H groups in total. The van der Waals surface area contributed by atoms with E-state index >= 15 is 0 Å². The Balaban J connectivity index is 1.29. The number of alkyl halides is 3. The number of Topliss-reactive ketones (excluding diaryl/α,β-unsaturated/α-hetero) is 1. The van der Waals surface area contributed by atoms with Crippen LogP contribution in [0.2, 0.25) is 0 Å². The molecule has 2 aliphatic carbocycles. The molecule has 0 spiro atoms. The number of carbonyl (C=O) groups excluding carboxylic acids is 3. The van der Waals surface area contributed by atoms with Gasteiger partial charge in [0, 0.05) is 12.0 Å². The number of ether oxygens (including phenoxy) is 2. The number of hydrogen-bond acceptors (Lipinski definition) is 7. The Kier molecular flexibility index (Phi) is 12.6. The largest absolute Gasteiger partial charge is 0.573 e. The molecule has 50 heavy (non-hydrogen) atoms. The Hall–Kier alpha value is -3.64. The third-order valence-corrected chi connectivity index (χ3v) is 10.3. The van der Waals surface area contributed by atoms with Crippen LogP contribution in [0.4, 0.5) is 18.0 Å². The molecule has 0 bridgehead atoms. The standard InChI is InChI=1S/C37H53F3N4O6/c1-8-21(9-2)30(31(45)20(3)4)43-34(47)32(36(5,6)7)44-35(48)49-29-18-22-17-25(22)24(29)13-11-10-12-14-27-33(46)42-28-19-23(50-37(38,39)40)15-16-26(28)41-27/h15-16,19-22,24-25,29-30,32H,8-14,17-18H2,1-7H3,(H,42,46)(H,43,47)(H,44,48). The predicted molar refractivity (Wildman–Crippen MR) is 183 cm³/mol. The quantitative estimate of drug-likeness (QED) is 0.157. The van der Waals surface area contributed by atoms with Gasteiger partial charge in [0.15, 0.2) is 5.78 Å². The number of hydrogen-bond donors (Lipinski definition) is 3. The van der Waals surface area contributed by atoms with E-state index < -0.39 is 47.2 Å². The van der Waals surface area contributed by atoms with Gasteiger partial charge in [-0.15, -0.1) is 13.2 Å². The highest BCUT2D eigenvalue weighted by molar-refractivity contribution is 5.93. The highest BCUT2D eigenvalue weighted by atomic mass is 19.4. The first-order chi connectivity index (χ1) is 23.4. The molecule has 2 amide bonds. The molecule has 2 aromatic rings. The maximum atomic E-state index is 13.6. The van der Waals surface area contributed by atoms with E-state index in [1.165, 1.54) is 6.07 Å². The van der Waals surface area contributed by atoms with Crippen molar-refractivity contribution in [1.29, 1.82) is 0 Å². The zero-order chi connectivity index (χ0) is 37.0. The molecule has 0 saturated heterocycles. The Morgan fingerprint density at radius 1 is 1.02 bits per heavy atom. The van der Waals surface area contributed by atoms with Crippen LogP contribution in [0.5, 0.6) is 5.75 Å². The molecule has 278 valence electrons. The molecule has 1 aromatic carbocycles. The molecule has 10 nitrogen and oxygen atoms in total. The number of ketones is 1. The van der Waals surface area contributed by atoms with Crippen LogP contribution in [0.15, 0.2) is 23.0 Å². The number of nitrogens with zero attached hydrogens (tertiary/aromatic N) is 1. The smallest absolute Gasteiger partial charge is 0.446 e. The van der Waals surface area contributed by atoms with Crippen molar-refractivity contribution in [2.75, 3.05) is 0 Å². The Labute approximate surface area is 292 Å². The normalized spacial score (nSPS) is 21.5. The summed E-state index contributed by atoms with van der Waals surface area (Å²) in [5, 5.41) is 5.80. The number of aromatic nitrogens is 2. The molecule has 1 heterocycles. The number of amides is 2. The second-order valence-electron chi connectivity index (χ2n) is 15.4. The summed E-state index contributed by atoms with van der Waals surface area (Å²) in [4.78, 5) is 59.5. The molecular formula is C37H53F3N4O6. The average Bonchev–Trinajstić information content (AvgIpc) is 3.70. The number of benzene rings is 1. The number of aryl methyl sites for hydroxylation is 1. The van der Waals surface area contributed by atoms with Crippen LogP contribution in [0, 0.1) is 35.0 Å². The van der Waals surface area contributed by atoms with Crippen molar-refractivity contribution in [3.8, 4) is 5.75 Å². The zero-order valence-electron chi connectivity index (χ0n) is 30.2. The maximum absolute atomic E-state index is 13.6. The van der Waals surface area contributed by atoms with Gasteiger partial charge >= 0.3 is 12.5 Å². The molecule has 6 unspecified atom stereocenters. The van der Waals surface area contributed by atoms with Gasteiger partial charge in [-0.1, -0.05) is 74.1 Å². The van der Waals surface area contributed by atoms with Crippen molar-refractivity contribution in [1.82, 2.24) is 20.6 Å². The first kappa shape index (κ1) is 39.2. The lowest BCUT2D eigenvalue weighted by molar-refractivity contribution is -0.274. The van der Waals surface area contributed by atoms with Crippen molar-refractivity contribution >= 4 is 28.8 Å². The lowest BCUT2D eigenvalue weighted by Crippen LogP contribution is -2.58. The molecular weight excluding hydrogens is 653 g/mol. The number of aromatic amines is 1. The van der Waals surface area contributed by atoms with Crippen molar-refractivity contribution in [2.24, 2.45) is 35.0 Å². The number of alkyl carbamates (subject to hydrolysis) is 1. The maximum Gasteiger partial charge on any atom is 0.573 e. The van der Waals surface area contributed by atoms with Crippen molar-refractivity contribution < 1.29 is 37.0 Å². The molecule has 2 saturated carbocycles. The third-order valence-electron chi connectivity index (χ3n) is 10.3. The fourth-order valence-corrected chi connectivity index (χ4v) is 7.41. The topological polar surface area (TPSA) is 139 Å². The van der Waals surface area contributed by atoms with Crippen LogP contribution in [0.25, 0.3) is 11.0 Å². The van der Waals surface area contributed by atoms with Gasteiger partial charge < -0.3 is 25.1 Å².